The number of carbonyl (C=O) groups excluding carboxylic acids is 1. The molecule has 22 heavy (non-hydrogen) atoms. The molecule has 1 saturated heterocycles. The summed E-state index contributed by atoms with van der Waals surface area (Å²) in [4.78, 5) is 15.0. The van der Waals surface area contributed by atoms with E-state index in [1.807, 2.05) is 0 Å². The number of hydrogen-bond acceptors (Lipinski definition) is 4. The van der Waals surface area contributed by atoms with Gasteiger partial charge in [-0.1, -0.05) is 11.6 Å². The van der Waals surface area contributed by atoms with Crippen molar-refractivity contribution in [2.24, 2.45) is 5.92 Å². The highest BCUT2D eigenvalue weighted by Gasteiger charge is 2.31. The fourth-order valence-electron chi connectivity index (χ4n) is 1.63. The topological polar surface area (TPSA) is 63.2 Å². The second-order valence-electron chi connectivity index (χ2n) is 4.50. The monoisotopic (exact) mass is 359 g/mol. The molecular weight excluding hydrogens is 346 g/mol. The molecular formula is C12H14Cl2F3N3O2. The van der Waals surface area contributed by atoms with E-state index >= 15 is 0 Å². The zero-order valence-electron chi connectivity index (χ0n) is 11.2. The summed E-state index contributed by atoms with van der Waals surface area (Å²) in [6.45, 7) is 1.61. The number of rotatable bonds is 5. The van der Waals surface area contributed by atoms with E-state index in [0.29, 0.717) is 19.3 Å². The number of pyridine rings is 1. The second kappa shape index (κ2) is 7.85. The number of halogens is 5. The summed E-state index contributed by atoms with van der Waals surface area (Å²) < 4.78 is 42.4. The van der Waals surface area contributed by atoms with Gasteiger partial charge in [0.2, 0.25) is 11.8 Å². The third-order valence-electron chi connectivity index (χ3n) is 2.93. The minimum atomic E-state index is -4.50. The number of amides is 1. The van der Waals surface area contributed by atoms with Crippen molar-refractivity contribution in [1.82, 2.24) is 15.6 Å². The first-order valence-corrected chi connectivity index (χ1v) is 6.59. The number of alkyl halides is 3. The van der Waals surface area contributed by atoms with Crippen LogP contribution in [0, 0.1) is 5.92 Å². The highest BCUT2D eigenvalue weighted by Crippen LogP contribution is 2.32. The molecule has 0 unspecified atom stereocenters. The van der Waals surface area contributed by atoms with Crippen molar-refractivity contribution in [3.63, 3.8) is 0 Å². The Morgan fingerprint density at radius 2 is 2.18 bits per heavy atom. The molecule has 1 aliphatic heterocycles. The predicted octanol–water partition coefficient (Wildman–Crippen LogP) is 1.89. The molecule has 124 valence electrons. The summed E-state index contributed by atoms with van der Waals surface area (Å²) in [6.07, 6.45) is -3.85. The van der Waals surface area contributed by atoms with Gasteiger partial charge in [0.15, 0.2) is 0 Å². The summed E-state index contributed by atoms with van der Waals surface area (Å²) >= 11 is 5.68. The third kappa shape index (κ3) is 4.89. The Morgan fingerprint density at radius 3 is 2.68 bits per heavy atom. The van der Waals surface area contributed by atoms with Gasteiger partial charge in [-0.05, 0) is 6.07 Å². The zero-order chi connectivity index (χ0) is 15.5. The Morgan fingerprint density at radius 1 is 1.50 bits per heavy atom. The van der Waals surface area contributed by atoms with E-state index in [0.717, 1.165) is 6.07 Å². The lowest BCUT2D eigenvalue weighted by Crippen LogP contribution is -2.51. The molecule has 1 aromatic rings. The number of hydrogen-bond donors (Lipinski definition) is 2. The average molecular weight is 360 g/mol. The van der Waals surface area contributed by atoms with Crippen LogP contribution < -0.4 is 15.4 Å². The number of carbonyl (C=O) groups is 1. The Balaban J connectivity index is 0.00000242. The van der Waals surface area contributed by atoms with Crippen LogP contribution in [0.2, 0.25) is 5.02 Å². The normalized spacial score (nSPS) is 14.7. The van der Waals surface area contributed by atoms with Crippen LogP contribution in [-0.4, -0.2) is 37.1 Å². The SMILES string of the molecule is Cl.O=C(NCCOc1ncc(C(F)(F)F)cc1Cl)C1CNC1. The lowest BCUT2D eigenvalue weighted by atomic mass is 10.0. The van der Waals surface area contributed by atoms with Crippen molar-refractivity contribution >= 4 is 29.9 Å². The van der Waals surface area contributed by atoms with Crippen molar-refractivity contribution in [3.8, 4) is 5.88 Å². The molecule has 0 atom stereocenters. The van der Waals surface area contributed by atoms with E-state index in [-0.39, 0.29) is 48.3 Å². The van der Waals surface area contributed by atoms with Crippen LogP contribution in [-0.2, 0) is 11.0 Å². The smallest absolute Gasteiger partial charge is 0.417 e. The molecule has 2 rings (SSSR count). The minimum absolute atomic E-state index is 0. The molecule has 2 N–H and O–H groups in total. The molecule has 0 spiro atoms. The van der Waals surface area contributed by atoms with E-state index in [1.54, 1.807) is 0 Å². The van der Waals surface area contributed by atoms with Gasteiger partial charge in [-0.3, -0.25) is 4.79 Å². The Kier molecular flexibility index (Phi) is 6.70. The van der Waals surface area contributed by atoms with Crippen molar-refractivity contribution in [3.05, 3.63) is 22.8 Å². The molecule has 0 saturated carbocycles. The molecule has 0 aliphatic carbocycles. The quantitative estimate of drug-likeness (QED) is 0.788. The third-order valence-corrected chi connectivity index (χ3v) is 3.20. The summed E-state index contributed by atoms with van der Waals surface area (Å²) in [7, 11) is 0. The Bertz CT molecular complexity index is 525. The van der Waals surface area contributed by atoms with E-state index in [9.17, 15) is 18.0 Å². The molecule has 0 aromatic carbocycles. The maximum Gasteiger partial charge on any atom is 0.417 e. The molecule has 0 radical (unpaired) electrons. The molecule has 1 aliphatic rings. The second-order valence-corrected chi connectivity index (χ2v) is 4.91. The molecule has 2 heterocycles. The van der Waals surface area contributed by atoms with Gasteiger partial charge in [-0.15, -0.1) is 12.4 Å². The fraction of sp³-hybridized carbons (Fsp3) is 0.500. The van der Waals surface area contributed by atoms with Crippen molar-refractivity contribution in [2.75, 3.05) is 26.2 Å². The van der Waals surface area contributed by atoms with Crippen LogP contribution in [0.5, 0.6) is 5.88 Å². The highest BCUT2D eigenvalue weighted by atomic mass is 35.5. The van der Waals surface area contributed by atoms with Crippen LogP contribution in [0.1, 0.15) is 5.56 Å². The zero-order valence-corrected chi connectivity index (χ0v) is 12.8. The van der Waals surface area contributed by atoms with Gasteiger partial charge in [0.25, 0.3) is 0 Å². The van der Waals surface area contributed by atoms with Gasteiger partial charge in [-0.25, -0.2) is 4.98 Å². The van der Waals surface area contributed by atoms with Gasteiger partial charge in [-0.2, -0.15) is 13.2 Å². The average Bonchev–Trinajstić information content (AvgIpc) is 2.32. The predicted molar refractivity (Wildman–Crippen MR) is 76.4 cm³/mol. The van der Waals surface area contributed by atoms with E-state index in [4.69, 9.17) is 16.3 Å². The van der Waals surface area contributed by atoms with Crippen molar-refractivity contribution in [1.29, 1.82) is 0 Å². The van der Waals surface area contributed by atoms with Crippen molar-refractivity contribution in [2.45, 2.75) is 6.18 Å². The van der Waals surface area contributed by atoms with Crippen LogP contribution in [0.25, 0.3) is 0 Å². The van der Waals surface area contributed by atoms with Gasteiger partial charge >= 0.3 is 6.18 Å². The molecule has 0 bridgehead atoms. The number of aromatic nitrogens is 1. The van der Waals surface area contributed by atoms with Gasteiger partial charge in [0.05, 0.1) is 18.0 Å². The summed E-state index contributed by atoms with van der Waals surface area (Å²) in [6, 6.07) is 0.752. The van der Waals surface area contributed by atoms with Crippen LogP contribution in [0.3, 0.4) is 0 Å². The maximum atomic E-state index is 12.4. The Labute approximate surface area is 136 Å². The number of nitrogens with zero attached hydrogens (tertiary/aromatic N) is 1. The molecule has 1 fully saturated rings. The largest absolute Gasteiger partial charge is 0.475 e. The van der Waals surface area contributed by atoms with Gasteiger partial charge < -0.3 is 15.4 Å². The first-order valence-electron chi connectivity index (χ1n) is 6.22. The Hall–Kier alpha value is -1.25. The van der Waals surface area contributed by atoms with Crippen LogP contribution >= 0.6 is 24.0 Å². The van der Waals surface area contributed by atoms with E-state index in [2.05, 4.69) is 15.6 Å². The first-order chi connectivity index (χ1) is 9.88. The van der Waals surface area contributed by atoms with Crippen molar-refractivity contribution < 1.29 is 22.7 Å². The highest BCUT2D eigenvalue weighted by molar-refractivity contribution is 6.31. The molecule has 10 heteroatoms. The summed E-state index contributed by atoms with van der Waals surface area (Å²) in [5.74, 6) is -0.203. The maximum absolute atomic E-state index is 12.4. The molecule has 1 aromatic heterocycles. The van der Waals surface area contributed by atoms with Crippen LogP contribution in [0.4, 0.5) is 13.2 Å². The van der Waals surface area contributed by atoms with Gasteiger partial charge in [0, 0.05) is 19.3 Å². The lowest BCUT2D eigenvalue weighted by Gasteiger charge is -2.25. The van der Waals surface area contributed by atoms with E-state index in [1.165, 1.54) is 0 Å². The lowest BCUT2D eigenvalue weighted by molar-refractivity contribution is -0.137. The molecule has 1 amide bonds. The number of nitrogens with one attached hydrogen (secondary N) is 2. The van der Waals surface area contributed by atoms with E-state index < -0.39 is 11.7 Å². The minimum Gasteiger partial charge on any atom is -0.475 e. The molecule has 5 nitrogen and oxygen atoms in total. The summed E-state index contributed by atoms with van der Waals surface area (Å²) in [5.41, 5.74) is -0.939. The standard InChI is InChI=1S/C12H13ClF3N3O2.ClH/c13-9-3-8(12(14,15)16)6-19-11(9)21-2-1-18-10(20)7-4-17-5-7;/h3,6-7,17H,1-2,4-5H2,(H,18,20);1H. The summed E-state index contributed by atoms with van der Waals surface area (Å²) in [5, 5.41) is 5.40. The first kappa shape index (κ1) is 18.8. The fourth-order valence-corrected chi connectivity index (χ4v) is 1.85. The number of ether oxygens (including phenoxy) is 1. The van der Waals surface area contributed by atoms with Gasteiger partial charge in [0.1, 0.15) is 11.6 Å². The van der Waals surface area contributed by atoms with Crippen LogP contribution in [0.15, 0.2) is 12.3 Å².